The normalized spacial score (nSPS) is 10.4. The summed E-state index contributed by atoms with van der Waals surface area (Å²) in [5, 5.41) is 14.3. The van der Waals surface area contributed by atoms with Gasteiger partial charge in [-0.05, 0) is 56.4 Å². The van der Waals surface area contributed by atoms with Gasteiger partial charge in [0.05, 0.1) is 26.4 Å². The summed E-state index contributed by atoms with van der Waals surface area (Å²) in [5.41, 5.74) is 1.24. The van der Waals surface area contributed by atoms with E-state index >= 15 is 0 Å². The third-order valence-corrected chi connectivity index (χ3v) is 8.43. The van der Waals surface area contributed by atoms with Gasteiger partial charge >= 0.3 is 0 Å². The molecule has 1 aromatic rings. The number of unbranched alkanes of at least 4 members (excludes halogenated alkanes) is 16. The van der Waals surface area contributed by atoms with Crippen molar-refractivity contribution < 1.29 is 23.8 Å². The molecular weight excluding hydrogens is 638 g/mol. The molecule has 51 heavy (non-hydrogen) atoms. The Bertz CT molecular complexity index is 1160. The summed E-state index contributed by atoms with van der Waals surface area (Å²) in [5.74, 6) is 11.7. The molecule has 0 saturated heterocycles. The van der Waals surface area contributed by atoms with E-state index in [9.17, 15) is 9.59 Å². The molecule has 0 atom stereocenters. The van der Waals surface area contributed by atoms with Gasteiger partial charge in [0.25, 0.3) is 5.91 Å². The molecule has 2 N–H and O–H groups in total. The zero-order valence-electron chi connectivity index (χ0n) is 31.8. The van der Waals surface area contributed by atoms with Crippen LogP contribution in [0.3, 0.4) is 0 Å². The lowest BCUT2D eigenvalue weighted by atomic mass is 10.1. The molecule has 0 fully saturated rings. The second kappa shape index (κ2) is 36.4. The number of amides is 2. The number of nitriles is 1. The highest BCUT2D eigenvalue weighted by atomic mass is 16.5. The zero-order chi connectivity index (χ0) is 36.7. The van der Waals surface area contributed by atoms with Crippen molar-refractivity contribution in [1.29, 1.82) is 5.26 Å². The summed E-state index contributed by atoms with van der Waals surface area (Å²) >= 11 is 0. The van der Waals surface area contributed by atoms with Gasteiger partial charge < -0.3 is 24.8 Å². The first-order chi connectivity index (χ1) is 25.2. The Kier molecular flexibility index (Phi) is 32.6. The second-order valence-corrected chi connectivity index (χ2v) is 13.0. The number of benzene rings is 1. The molecule has 0 spiro atoms. The Morgan fingerprint density at radius 1 is 0.588 bits per heavy atom. The number of ether oxygens (including phenoxy) is 3. The van der Waals surface area contributed by atoms with Crippen molar-refractivity contribution in [3.8, 4) is 29.8 Å². The van der Waals surface area contributed by atoms with Crippen LogP contribution in [0.2, 0.25) is 0 Å². The first kappa shape index (κ1) is 45.7. The monoisotopic (exact) mass is 706 g/mol. The minimum atomic E-state index is -0.154. The molecule has 8 nitrogen and oxygen atoms in total. The van der Waals surface area contributed by atoms with Crippen LogP contribution in [0.4, 0.5) is 0 Å². The van der Waals surface area contributed by atoms with E-state index < -0.39 is 0 Å². The summed E-state index contributed by atoms with van der Waals surface area (Å²) in [6.45, 7) is 6.54. The molecule has 0 unspecified atom stereocenters. The molecule has 0 heterocycles. The Hall–Kier alpha value is -3.35. The molecule has 0 bridgehead atoms. The summed E-state index contributed by atoms with van der Waals surface area (Å²) in [4.78, 5) is 24.2. The van der Waals surface area contributed by atoms with Crippen molar-refractivity contribution >= 4 is 11.8 Å². The fraction of sp³-hybridized carbons (Fsp3) is 0.698. The van der Waals surface area contributed by atoms with Crippen LogP contribution in [0.1, 0.15) is 158 Å². The van der Waals surface area contributed by atoms with E-state index in [2.05, 4.69) is 41.2 Å². The first-order valence-electron chi connectivity index (χ1n) is 19.9. The molecule has 284 valence electrons. The third-order valence-electron chi connectivity index (χ3n) is 8.43. The van der Waals surface area contributed by atoms with Gasteiger partial charge in [0.1, 0.15) is 0 Å². The van der Waals surface area contributed by atoms with Crippen LogP contribution in [-0.4, -0.2) is 64.5 Å². The Labute approximate surface area is 310 Å². The van der Waals surface area contributed by atoms with Crippen molar-refractivity contribution in [2.24, 2.45) is 0 Å². The van der Waals surface area contributed by atoms with E-state index in [1.54, 1.807) is 30.3 Å². The van der Waals surface area contributed by atoms with E-state index in [0.29, 0.717) is 76.7 Å². The molecule has 1 rings (SSSR count). The van der Waals surface area contributed by atoms with Crippen LogP contribution in [0, 0.1) is 35.0 Å². The fourth-order valence-corrected chi connectivity index (χ4v) is 5.40. The molecule has 0 saturated carbocycles. The van der Waals surface area contributed by atoms with Gasteiger partial charge in [-0.1, -0.05) is 96.3 Å². The van der Waals surface area contributed by atoms with E-state index in [-0.39, 0.29) is 11.8 Å². The number of nitrogens with zero attached hydrogens (tertiary/aromatic N) is 1. The maximum atomic E-state index is 12.2. The molecule has 0 aliphatic heterocycles. The topological polar surface area (TPSA) is 110 Å². The Morgan fingerprint density at radius 2 is 1.06 bits per heavy atom. The largest absolute Gasteiger partial charge is 0.379 e. The predicted molar refractivity (Wildman–Crippen MR) is 207 cm³/mol. The lowest BCUT2D eigenvalue weighted by Crippen LogP contribution is -2.25. The first-order valence-corrected chi connectivity index (χ1v) is 19.9. The van der Waals surface area contributed by atoms with Gasteiger partial charge in [0, 0.05) is 62.6 Å². The number of hydrogen-bond acceptors (Lipinski definition) is 6. The van der Waals surface area contributed by atoms with E-state index in [4.69, 9.17) is 19.5 Å². The maximum Gasteiger partial charge on any atom is 0.251 e. The molecule has 2 amide bonds. The number of nitrogens with one attached hydrogen (secondary N) is 2. The van der Waals surface area contributed by atoms with E-state index in [0.717, 1.165) is 32.1 Å². The molecule has 8 heteroatoms. The Balaban J connectivity index is 1.76. The van der Waals surface area contributed by atoms with Crippen LogP contribution in [0.15, 0.2) is 24.3 Å². The molecule has 0 aliphatic carbocycles. The lowest BCUT2D eigenvalue weighted by Gasteiger charge is -2.08. The molecule has 0 radical (unpaired) electrons. The van der Waals surface area contributed by atoms with Crippen LogP contribution in [0.25, 0.3) is 0 Å². The fourth-order valence-electron chi connectivity index (χ4n) is 5.40. The van der Waals surface area contributed by atoms with Crippen molar-refractivity contribution in [3.63, 3.8) is 0 Å². The minimum Gasteiger partial charge on any atom is -0.379 e. The van der Waals surface area contributed by atoms with E-state index in [1.165, 1.54) is 89.9 Å². The average Bonchev–Trinajstić information content (AvgIpc) is 3.14. The Morgan fingerprint density at radius 3 is 1.59 bits per heavy atom. The molecular formula is C43H67N3O5. The summed E-state index contributed by atoms with van der Waals surface area (Å²) in [7, 11) is 0. The van der Waals surface area contributed by atoms with Crippen molar-refractivity contribution in [3.05, 3.63) is 35.4 Å². The van der Waals surface area contributed by atoms with Gasteiger partial charge in [-0.15, -0.1) is 11.8 Å². The van der Waals surface area contributed by atoms with Crippen LogP contribution in [0.5, 0.6) is 0 Å². The van der Waals surface area contributed by atoms with Crippen LogP contribution < -0.4 is 10.6 Å². The quantitative estimate of drug-likeness (QED) is 0.0560. The van der Waals surface area contributed by atoms with Gasteiger partial charge in [-0.25, -0.2) is 0 Å². The predicted octanol–water partition coefficient (Wildman–Crippen LogP) is 8.67. The SMILES string of the molecule is CCCCCCCCCCCCC#CCCCCCCCCC(=O)NCCCOCCOCCOCCCNC(=O)c1ccc(C#CC#N)cc1. The lowest BCUT2D eigenvalue weighted by molar-refractivity contribution is -0.121. The van der Waals surface area contributed by atoms with Gasteiger partial charge in [-0.2, -0.15) is 5.26 Å². The highest BCUT2D eigenvalue weighted by molar-refractivity contribution is 5.94. The molecule has 0 aliphatic rings. The van der Waals surface area contributed by atoms with Crippen LogP contribution >= 0.6 is 0 Å². The number of hydrogen-bond donors (Lipinski definition) is 2. The number of carbonyl (C=O) groups is 2. The standard InChI is InChI=1S/C43H67N3O5/c1-2-3-4-5-6-7-8-9-10-11-12-13-14-15-16-17-18-19-20-21-26-42(47)45-32-23-34-49-36-38-51-39-37-50-35-24-33-46-43(48)41-29-27-40(28-30-41)25-22-31-44/h27-30H,2-12,15-21,23-24,26,32-39H2,1H3,(H,45,47)(H,46,48). The number of carbonyl (C=O) groups excluding carboxylic acids is 2. The third kappa shape index (κ3) is 31.1. The van der Waals surface area contributed by atoms with Crippen LogP contribution in [-0.2, 0) is 19.0 Å². The van der Waals surface area contributed by atoms with Crippen molar-refractivity contribution in [1.82, 2.24) is 10.6 Å². The summed E-state index contributed by atoms with van der Waals surface area (Å²) < 4.78 is 16.6. The highest BCUT2D eigenvalue weighted by Gasteiger charge is 2.04. The molecule has 0 aromatic heterocycles. The average molecular weight is 706 g/mol. The minimum absolute atomic E-state index is 0.132. The van der Waals surface area contributed by atoms with E-state index in [1.807, 2.05) is 0 Å². The molecule has 1 aromatic carbocycles. The second-order valence-electron chi connectivity index (χ2n) is 13.0. The number of rotatable bonds is 33. The van der Waals surface area contributed by atoms with Gasteiger partial charge in [-0.3, -0.25) is 9.59 Å². The van der Waals surface area contributed by atoms with Gasteiger partial charge in [0.15, 0.2) is 6.07 Å². The smallest absolute Gasteiger partial charge is 0.251 e. The summed E-state index contributed by atoms with van der Waals surface area (Å²) in [6, 6.07) is 8.58. The van der Waals surface area contributed by atoms with Crippen molar-refractivity contribution in [2.75, 3.05) is 52.7 Å². The van der Waals surface area contributed by atoms with Gasteiger partial charge in [0.2, 0.25) is 5.91 Å². The maximum absolute atomic E-state index is 12.2. The summed E-state index contributed by atoms with van der Waals surface area (Å²) in [6.07, 6.45) is 24.9. The zero-order valence-corrected chi connectivity index (χ0v) is 31.8. The highest BCUT2D eigenvalue weighted by Crippen LogP contribution is 2.12. The van der Waals surface area contributed by atoms with Crippen molar-refractivity contribution in [2.45, 2.75) is 142 Å².